The summed E-state index contributed by atoms with van der Waals surface area (Å²) in [6, 6.07) is 5.02. The van der Waals surface area contributed by atoms with E-state index in [1.807, 2.05) is 6.07 Å². The molecule has 0 atom stereocenters. The van der Waals surface area contributed by atoms with Gasteiger partial charge in [0.25, 0.3) is 0 Å². The Balaban J connectivity index is 1.86. The molecule has 0 aliphatic heterocycles. The molecule has 0 aromatic heterocycles. The third-order valence-electron chi connectivity index (χ3n) is 4.23. The maximum atomic E-state index is 13.3. The van der Waals surface area contributed by atoms with Gasteiger partial charge in [0.05, 0.1) is 5.02 Å². The molecular weight excluding hydrogens is 249 g/mol. The summed E-state index contributed by atoms with van der Waals surface area (Å²) in [5, 5.41) is 3.67. The molecule has 0 heterocycles. The molecule has 2 rings (SSSR count). The molecule has 100 valence electrons. The highest BCUT2D eigenvalue weighted by molar-refractivity contribution is 6.30. The van der Waals surface area contributed by atoms with Gasteiger partial charge >= 0.3 is 0 Å². The van der Waals surface area contributed by atoms with Crippen molar-refractivity contribution in [3.8, 4) is 0 Å². The van der Waals surface area contributed by atoms with Gasteiger partial charge in [0.2, 0.25) is 0 Å². The molecule has 18 heavy (non-hydrogen) atoms. The van der Waals surface area contributed by atoms with Gasteiger partial charge in [0, 0.05) is 13.1 Å². The standard InChI is InChI=1S/C15H21ClFN/c1-2-15(7-3-4-8-15)11-18-10-12-5-6-13(16)14(17)9-12/h5-6,9,18H,2-4,7-8,10-11H2,1H3. The van der Waals surface area contributed by atoms with Gasteiger partial charge in [-0.2, -0.15) is 0 Å². The summed E-state index contributed by atoms with van der Waals surface area (Å²) >= 11 is 5.67. The van der Waals surface area contributed by atoms with Crippen LogP contribution in [-0.2, 0) is 6.54 Å². The average molecular weight is 270 g/mol. The van der Waals surface area contributed by atoms with Crippen molar-refractivity contribution in [2.45, 2.75) is 45.6 Å². The van der Waals surface area contributed by atoms with Crippen molar-refractivity contribution in [1.82, 2.24) is 5.32 Å². The largest absolute Gasteiger partial charge is 0.312 e. The van der Waals surface area contributed by atoms with E-state index in [-0.39, 0.29) is 10.8 Å². The van der Waals surface area contributed by atoms with E-state index in [1.165, 1.54) is 38.2 Å². The van der Waals surface area contributed by atoms with E-state index in [9.17, 15) is 4.39 Å². The molecule has 1 N–H and O–H groups in total. The Kier molecular flexibility index (Phi) is 4.63. The van der Waals surface area contributed by atoms with Crippen LogP contribution in [0.3, 0.4) is 0 Å². The summed E-state index contributed by atoms with van der Waals surface area (Å²) in [6.07, 6.45) is 6.59. The Morgan fingerprint density at radius 2 is 2.06 bits per heavy atom. The molecule has 0 radical (unpaired) electrons. The van der Waals surface area contributed by atoms with E-state index in [0.717, 1.165) is 18.7 Å². The van der Waals surface area contributed by atoms with Gasteiger partial charge in [-0.1, -0.05) is 37.4 Å². The molecule has 1 saturated carbocycles. The van der Waals surface area contributed by atoms with Gasteiger partial charge in [0.1, 0.15) is 5.82 Å². The van der Waals surface area contributed by atoms with Crippen molar-refractivity contribution >= 4 is 11.6 Å². The Hall–Kier alpha value is -0.600. The van der Waals surface area contributed by atoms with Crippen molar-refractivity contribution in [1.29, 1.82) is 0 Å². The van der Waals surface area contributed by atoms with Crippen LogP contribution in [0.4, 0.5) is 4.39 Å². The van der Waals surface area contributed by atoms with Crippen LogP contribution in [0.1, 0.15) is 44.6 Å². The number of nitrogens with one attached hydrogen (secondary N) is 1. The maximum Gasteiger partial charge on any atom is 0.142 e. The van der Waals surface area contributed by atoms with Crippen molar-refractivity contribution < 1.29 is 4.39 Å². The predicted octanol–water partition coefficient (Wildman–Crippen LogP) is 4.54. The van der Waals surface area contributed by atoms with Crippen molar-refractivity contribution in [3.63, 3.8) is 0 Å². The SMILES string of the molecule is CCC1(CNCc2ccc(Cl)c(F)c2)CCCC1. The number of halogens is 2. The van der Waals surface area contributed by atoms with Crippen LogP contribution in [0.2, 0.25) is 5.02 Å². The first kappa shape index (κ1) is 13.8. The first-order chi connectivity index (χ1) is 8.65. The zero-order valence-electron chi connectivity index (χ0n) is 10.9. The van der Waals surface area contributed by atoms with E-state index in [0.29, 0.717) is 5.41 Å². The second-order valence-corrected chi connectivity index (χ2v) is 5.82. The van der Waals surface area contributed by atoms with Crippen molar-refractivity contribution in [2.75, 3.05) is 6.54 Å². The average Bonchev–Trinajstić information content (AvgIpc) is 2.83. The van der Waals surface area contributed by atoms with E-state index in [4.69, 9.17) is 11.6 Å². The number of hydrogen-bond acceptors (Lipinski definition) is 1. The minimum absolute atomic E-state index is 0.194. The van der Waals surface area contributed by atoms with Gasteiger partial charge < -0.3 is 5.32 Å². The Bertz CT molecular complexity index is 399. The third kappa shape index (κ3) is 3.24. The summed E-state index contributed by atoms with van der Waals surface area (Å²) in [4.78, 5) is 0. The fourth-order valence-electron chi connectivity index (χ4n) is 2.90. The Morgan fingerprint density at radius 1 is 1.33 bits per heavy atom. The lowest BCUT2D eigenvalue weighted by molar-refractivity contribution is 0.268. The molecule has 3 heteroatoms. The second kappa shape index (κ2) is 6.03. The summed E-state index contributed by atoms with van der Waals surface area (Å²) < 4.78 is 13.3. The van der Waals surface area contributed by atoms with Crippen molar-refractivity contribution in [3.05, 3.63) is 34.6 Å². The van der Waals surface area contributed by atoms with Crippen LogP contribution in [-0.4, -0.2) is 6.54 Å². The van der Waals surface area contributed by atoms with Crippen LogP contribution in [0.25, 0.3) is 0 Å². The highest BCUT2D eigenvalue weighted by atomic mass is 35.5. The predicted molar refractivity (Wildman–Crippen MR) is 74.3 cm³/mol. The van der Waals surface area contributed by atoms with Crippen LogP contribution >= 0.6 is 11.6 Å². The molecule has 0 unspecified atom stereocenters. The topological polar surface area (TPSA) is 12.0 Å². The second-order valence-electron chi connectivity index (χ2n) is 5.41. The molecular formula is C15H21ClFN. The monoisotopic (exact) mass is 269 g/mol. The molecule has 0 spiro atoms. The fraction of sp³-hybridized carbons (Fsp3) is 0.600. The van der Waals surface area contributed by atoms with E-state index >= 15 is 0 Å². The Labute approximate surface area is 114 Å². The lowest BCUT2D eigenvalue weighted by Gasteiger charge is -2.27. The molecule has 1 fully saturated rings. The smallest absolute Gasteiger partial charge is 0.142 e. The van der Waals surface area contributed by atoms with Gasteiger partial charge in [-0.05, 0) is 42.4 Å². The quantitative estimate of drug-likeness (QED) is 0.828. The van der Waals surface area contributed by atoms with Crippen LogP contribution < -0.4 is 5.32 Å². The lowest BCUT2D eigenvalue weighted by atomic mass is 9.83. The van der Waals surface area contributed by atoms with Crippen LogP contribution in [0, 0.1) is 11.2 Å². The molecule has 1 aromatic carbocycles. The van der Waals surface area contributed by atoms with Gasteiger partial charge in [-0.3, -0.25) is 0 Å². The molecule has 0 amide bonds. The normalized spacial score (nSPS) is 18.2. The number of hydrogen-bond donors (Lipinski definition) is 1. The molecule has 0 bridgehead atoms. The third-order valence-corrected chi connectivity index (χ3v) is 4.53. The summed E-state index contributed by atoms with van der Waals surface area (Å²) in [6.45, 7) is 4.03. The van der Waals surface area contributed by atoms with Gasteiger partial charge in [-0.15, -0.1) is 0 Å². The van der Waals surface area contributed by atoms with E-state index < -0.39 is 0 Å². The van der Waals surface area contributed by atoms with E-state index in [1.54, 1.807) is 6.07 Å². The summed E-state index contributed by atoms with van der Waals surface area (Å²) in [5.41, 5.74) is 1.44. The maximum absolute atomic E-state index is 13.3. The summed E-state index contributed by atoms with van der Waals surface area (Å²) in [5.74, 6) is -0.331. The zero-order valence-corrected chi connectivity index (χ0v) is 11.7. The molecule has 0 saturated heterocycles. The van der Waals surface area contributed by atoms with Crippen molar-refractivity contribution in [2.24, 2.45) is 5.41 Å². The Morgan fingerprint density at radius 3 is 2.67 bits per heavy atom. The molecule has 1 nitrogen and oxygen atoms in total. The van der Waals surface area contributed by atoms with Gasteiger partial charge in [0.15, 0.2) is 0 Å². The lowest BCUT2D eigenvalue weighted by Crippen LogP contribution is -2.31. The first-order valence-electron chi connectivity index (χ1n) is 6.80. The summed E-state index contributed by atoms with van der Waals surface area (Å²) in [7, 11) is 0. The first-order valence-corrected chi connectivity index (χ1v) is 7.18. The molecule has 1 aromatic rings. The highest BCUT2D eigenvalue weighted by Crippen LogP contribution is 2.40. The minimum Gasteiger partial charge on any atom is -0.312 e. The van der Waals surface area contributed by atoms with Crippen LogP contribution in [0.15, 0.2) is 18.2 Å². The highest BCUT2D eigenvalue weighted by Gasteiger charge is 2.31. The number of benzene rings is 1. The van der Waals surface area contributed by atoms with Crippen LogP contribution in [0.5, 0.6) is 0 Å². The van der Waals surface area contributed by atoms with E-state index in [2.05, 4.69) is 12.2 Å². The fourth-order valence-corrected chi connectivity index (χ4v) is 3.02. The molecule has 1 aliphatic carbocycles. The van der Waals surface area contributed by atoms with Gasteiger partial charge in [-0.25, -0.2) is 4.39 Å². The number of rotatable bonds is 5. The zero-order chi connectivity index (χ0) is 13.0. The minimum atomic E-state index is -0.331. The molecule has 1 aliphatic rings.